The maximum Gasteiger partial charge on any atom is 0.0394 e. The Labute approximate surface area is 214 Å². The van der Waals surface area contributed by atoms with Crippen molar-refractivity contribution in [1.29, 1.82) is 0 Å². The highest BCUT2D eigenvalue weighted by Gasteiger charge is 2.44. The molecular weight excluding hydrogens is 438 g/mol. The second kappa shape index (κ2) is 8.83. The van der Waals surface area contributed by atoms with Crippen LogP contribution in [0.15, 0.2) is 97.1 Å². The van der Waals surface area contributed by atoms with Crippen molar-refractivity contribution in [2.24, 2.45) is 5.92 Å². The van der Waals surface area contributed by atoms with E-state index in [-0.39, 0.29) is 0 Å². The van der Waals surface area contributed by atoms with Crippen LogP contribution >= 0.6 is 0 Å². The molecule has 0 spiro atoms. The third-order valence-corrected chi connectivity index (χ3v) is 8.37. The van der Waals surface area contributed by atoms with Crippen LogP contribution in [-0.4, -0.2) is 17.5 Å². The van der Waals surface area contributed by atoms with Gasteiger partial charge in [0.25, 0.3) is 0 Å². The molecule has 8 rings (SSSR count). The molecule has 2 N–H and O–H groups in total. The molecule has 4 aromatic carbocycles. The zero-order valence-corrected chi connectivity index (χ0v) is 20.8. The van der Waals surface area contributed by atoms with Crippen molar-refractivity contribution < 1.29 is 0 Å². The lowest BCUT2D eigenvalue weighted by atomic mass is 9.78. The third-order valence-electron chi connectivity index (χ3n) is 8.37. The van der Waals surface area contributed by atoms with Crippen LogP contribution in [0.1, 0.15) is 54.0 Å². The Balaban J connectivity index is 1.31. The summed E-state index contributed by atoms with van der Waals surface area (Å²) >= 11 is 0. The molecule has 0 unspecified atom stereocenters. The van der Waals surface area contributed by atoms with Gasteiger partial charge in [0.2, 0.25) is 0 Å². The number of anilines is 4. The summed E-state index contributed by atoms with van der Waals surface area (Å²) in [7, 11) is 0. The van der Waals surface area contributed by atoms with Crippen LogP contribution in [0.3, 0.4) is 0 Å². The number of para-hydroxylation sites is 2. The molecule has 3 atom stereocenters. The predicted molar refractivity (Wildman–Crippen MR) is 150 cm³/mol. The van der Waals surface area contributed by atoms with E-state index >= 15 is 0 Å². The molecule has 180 valence electrons. The molecule has 1 fully saturated rings. The summed E-state index contributed by atoms with van der Waals surface area (Å²) < 4.78 is 0. The fourth-order valence-corrected chi connectivity index (χ4v) is 6.42. The second-order valence-corrected chi connectivity index (χ2v) is 10.8. The number of nitrogens with one attached hydrogen (secondary N) is 2. The van der Waals surface area contributed by atoms with Gasteiger partial charge in [-0.1, -0.05) is 48.5 Å². The molecule has 3 nitrogen and oxygen atoms in total. The number of hydrogen-bond donors (Lipinski definition) is 2. The van der Waals surface area contributed by atoms with E-state index < -0.39 is 0 Å². The van der Waals surface area contributed by atoms with Crippen molar-refractivity contribution >= 4 is 22.7 Å². The monoisotopic (exact) mass is 471 g/mol. The number of rotatable bonds is 6. The molecular formula is C33H33N3. The smallest absolute Gasteiger partial charge is 0.0394 e. The maximum absolute atomic E-state index is 3.64. The van der Waals surface area contributed by atoms with E-state index in [9.17, 15) is 0 Å². The van der Waals surface area contributed by atoms with Crippen molar-refractivity contribution in [1.82, 2.24) is 4.90 Å². The number of benzene rings is 4. The second-order valence-electron chi connectivity index (χ2n) is 10.8. The van der Waals surface area contributed by atoms with E-state index in [2.05, 4.69) is 120 Å². The highest BCUT2D eigenvalue weighted by atomic mass is 15.2. The van der Waals surface area contributed by atoms with E-state index in [1.807, 2.05) is 0 Å². The highest BCUT2D eigenvalue weighted by molar-refractivity contribution is 5.66. The Bertz CT molecular complexity index is 1380. The molecule has 36 heavy (non-hydrogen) atoms. The zero-order chi connectivity index (χ0) is 24.1. The van der Waals surface area contributed by atoms with Gasteiger partial charge in [0, 0.05) is 47.3 Å². The molecule has 0 aromatic heterocycles. The minimum absolute atomic E-state index is 0.363. The fraction of sp³-hybridized carbons (Fsp3) is 0.273. The first kappa shape index (κ1) is 21.7. The summed E-state index contributed by atoms with van der Waals surface area (Å²) in [5.41, 5.74) is 10.6. The molecule has 2 aliphatic heterocycles. The minimum atomic E-state index is 0.363. The molecule has 0 saturated heterocycles. The Morgan fingerprint density at radius 2 is 1.28 bits per heavy atom. The van der Waals surface area contributed by atoms with Gasteiger partial charge in [-0.3, -0.25) is 4.90 Å². The van der Waals surface area contributed by atoms with E-state index in [4.69, 9.17) is 0 Å². The largest absolute Gasteiger partial charge is 0.356 e. The van der Waals surface area contributed by atoms with Gasteiger partial charge in [0.15, 0.2) is 0 Å². The first-order valence-corrected chi connectivity index (χ1v) is 13.4. The number of hydrogen-bond acceptors (Lipinski definition) is 3. The zero-order valence-electron chi connectivity index (χ0n) is 20.8. The lowest BCUT2D eigenvalue weighted by molar-refractivity contribution is 0.116. The van der Waals surface area contributed by atoms with Crippen LogP contribution < -0.4 is 10.6 Å². The van der Waals surface area contributed by atoms with Crippen molar-refractivity contribution in [2.45, 2.75) is 44.2 Å². The van der Waals surface area contributed by atoms with Crippen molar-refractivity contribution in [3.63, 3.8) is 0 Å². The Morgan fingerprint density at radius 3 is 1.92 bits per heavy atom. The predicted octanol–water partition coefficient (Wildman–Crippen LogP) is 8.02. The summed E-state index contributed by atoms with van der Waals surface area (Å²) in [5.74, 6) is 1.25. The minimum Gasteiger partial charge on any atom is -0.356 e. The standard InChI is InChI=1S/C33H33N3/c1-22-33-30-19-27(34-25-8-4-2-5-9-25)15-14-24(30)18-32(36(22)21-23-12-13-23)29-17-16-28(20-31(29)33)35-26-10-6-3-7-11-26/h2-11,14-17,19-20,22-23,32-35H,12-13,18,21H2,1H3/t22-,32+,33+/m1/s1. The summed E-state index contributed by atoms with van der Waals surface area (Å²) in [6.45, 7) is 3.70. The van der Waals surface area contributed by atoms with E-state index in [1.165, 1.54) is 53.0 Å². The Hall–Kier alpha value is -3.56. The third kappa shape index (κ3) is 3.98. The molecule has 2 bridgehead atoms. The highest BCUT2D eigenvalue weighted by Crippen LogP contribution is 2.51. The first-order chi connectivity index (χ1) is 17.7. The van der Waals surface area contributed by atoms with Gasteiger partial charge in [-0.25, -0.2) is 0 Å². The molecule has 3 heteroatoms. The van der Waals surface area contributed by atoms with Crippen LogP contribution in [0.5, 0.6) is 0 Å². The van der Waals surface area contributed by atoms with Gasteiger partial charge < -0.3 is 10.6 Å². The molecule has 0 radical (unpaired) electrons. The summed E-state index contributed by atoms with van der Waals surface area (Å²) in [4.78, 5) is 2.83. The average molecular weight is 472 g/mol. The van der Waals surface area contributed by atoms with Gasteiger partial charge in [0.05, 0.1) is 0 Å². The number of nitrogens with zero attached hydrogens (tertiary/aromatic N) is 1. The summed E-state index contributed by atoms with van der Waals surface area (Å²) in [6, 6.07) is 36.1. The Kier molecular flexibility index (Phi) is 5.32. The SMILES string of the molecule is C[C@@H]1[C@H]2c3cc(Nc4ccccc4)ccc3C[C@@H](c3ccc(Nc4ccccc4)cc32)N1CC1CC1. The molecule has 2 aliphatic carbocycles. The fourth-order valence-electron chi connectivity index (χ4n) is 6.42. The lowest BCUT2D eigenvalue weighted by Crippen LogP contribution is -2.45. The van der Waals surface area contributed by atoms with Crippen LogP contribution in [0.4, 0.5) is 22.7 Å². The quantitative estimate of drug-likeness (QED) is 0.298. The summed E-state index contributed by atoms with van der Waals surface area (Å²) in [6.07, 6.45) is 3.88. The molecule has 2 heterocycles. The van der Waals surface area contributed by atoms with Crippen molar-refractivity contribution in [3.8, 4) is 0 Å². The number of fused-ring (bicyclic) bond motifs is 1. The van der Waals surface area contributed by atoms with E-state index in [0.717, 1.165) is 23.7 Å². The van der Waals surface area contributed by atoms with E-state index in [0.29, 0.717) is 18.0 Å². The van der Waals surface area contributed by atoms with E-state index in [1.54, 1.807) is 0 Å². The van der Waals surface area contributed by atoms with Crippen molar-refractivity contribution in [3.05, 3.63) is 119 Å². The normalized spacial score (nSPS) is 22.4. The van der Waals surface area contributed by atoms with Gasteiger partial charge in [0.1, 0.15) is 0 Å². The topological polar surface area (TPSA) is 27.3 Å². The first-order valence-electron chi connectivity index (χ1n) is 13.4. The molecule has 0 amide bonds. The maximum atomic E-state index is 3.64. The van der Waals surface area contributed by atoms with Crippen LogP contribution in [0.25, 0.3) is 0 Å². The van der Waals surface area contributed by atoms with Crippen LogP contribution in [0.2, 0.25) is 0 Å². The lowest BCUT2D eigenvalue weighted by Gasteiger charge is -2.44. The molecule has 4 aromatic rings. The summed E-state index contributed by atoms with van der Waals surface area (Å²) in [5, 5.41) is 7.29. The van der Waals surface area contributed by atoms with Crippen LogP contribution in [-0.2, 0) is 6.42 Å². The molecule has 4 aliphatic rings. The van der Waals surface area contributed by atoms with Crippen molar-refractivity contribution in [2.75, 3.05) is 17.2 Å². The van der Waals surface area contributed by atoms with Gasteiger partial charge in [-0.05, 0) is 103 Å². The van der Waals surface area contributed by atoms with Gasteiger partial charge in [-0.2, -0.15) is 0 Å². The van der Waals surface area contributed by atoms with Gasteiger partial charge in [-0.15, -0.1) is 0 Å². The van der Waals surface area contributed by atoms with Gasteiger partial charge >= 0.3 is 0 Å². The molecule has 1 saturated carbocycles. The Morgan fingerprint density at radius 1 is 0.667 bits per heavy atom. The van der Waals surface area contributed by atoms with Crippen LogP contribution in [0, 0.1) is 5.92 Å². The average Bonchev–Trinajstić information content (AvgIpc) is 3.74.